The molecule has 1 fully saturated rings. The van der Waals surface area contributed by atoms with E-state index in [4.69, 9.17) is 16.3 Å². The topological polar surface area (TPSA) is 66.8 Å². The second kappa shape index (κ2) is 10.7. The summed E-state index contributed by atoms with van der Waals surface area (Å²) in [6.45, 7) is 2.71. The first kappa shape index (κ1) is 24.5. The summed E-state index contributed by atoms with van der Waals surface area (Å²) in [5.41, 5.74) is 1.21. The summed E-state index contributed by atoms with van der Waals surface area (Å²) in [6.07, 6.45) is 3.12. The standard InChI is InChI=1S/C28H25ClFNO4/c1-2-3-4-17-35-23-15-7-19(8-16-23)26(32)24-25(18-5-11-21(30)12-6-18)31(28(34)27(24)33)22-13-9-20(29)10-14-22/h5-16,25,32H,2-4,17H2,1H3/b26-24+. The fourth-order valence-corrected chi connectivity index (χ4v) is 4.19. The highest BCUT2D eigenvalue weighted by atomic mass is 35.5. The summed E-state index contributed by atoms with van der Waals surface area (Å²) in [6, 6.07) is 17.7. The number of halogens is 2. The Bertz CT molecular complexity index is 1240. The van der Waals surface area contributed by atoms with Gasteiger partial charge in [0.25, 0.3) is 11.7 Å². The highest BCUT2D eigenvalue weighted by molar-refractivity contribution is 6.51. The number of carbonyl (C=O) groups is 2. The maximum absolute atomic E-state index is 13.6. The number of anilines is 1. The molecular weight excluding hydrogens is 469 g/mol. The number of amides is 1. The van der Waals surface area contributed by atoms with Crippen LogP contribution in [0.1, 0.15) is 43.4 Å². The van der Waals surface area contributed by atoms with Gasteiger partial charge >= 0.3 is 0 Å². The van der Waals surface area contributed by atoms with Crippen molar-refractivity contribution in [2.24, 2.45) is 0 Å². The molecule has 35 heavy (non-hydrogen) atoms. The van der Waals surface area contributed by atoms with E-state index in [1.54, 1.807) is 48.5 Å². The van der Waals surface area contributed by atoms with Crippen LogP contribution < -0.4 is 9.64 Å². The quantitative estimate of drug-likeness (QED) is 0.164. The van der Waals surface area contributed by atoms with Crippen LogP contribution in [0.25, 0.3) is 5.76 Å². The molecule has 5 nitrogen and oxygen atoms in total. The van der Waals surface area contributed by atoms with E-state index in [9.17, 15) is 19.1 Å². The fraction of sp³-hybridized carbons (Fsp3) is 0.214. The molecule has 0 saturated carbocycles. The van der Waals surface area contributed by atoms with E-state index in [-0.39, 0.29) is 11.3 Å². The van der Waals surface area contributed by atoms with E-state index in [1.807, 2.05) is 0 Å². The summed E-state index contributed by atoms with van der Waals surface area (Å²) >= 11 is 6.00. The molecule has 1 aliphatic heterocycles. The van der Waals surface area contributed by atoms with E-state index in [1.165, 1.54) is 29.2 Å². The Hall–Kier alpha value is -3.64. The van der Waals surface area contributed by atoms with Crippen molar-refractivity contribution in [2.75, 3.05) is 11.5 Å². The fourth-order valence-electron chi connectivity index (χ4n) is 4.07. The molecule has 1 saturated heterocycles. The summed E-state index contributed by atoms with van der Waals surface area (Å²) in [5, 5.41) is 11.7. The number of hydrogen-bond acceptors (Lipinski definition) is 4. The molecule has 3 aromatic rings. The number of benzene rings is 3. The molecule has 0 spiro atoms. The number of aliphatic hydroxyl groups excluding tert-OH is 1. The second-order valence-electron chi connectivity index (χ2n) is 8.28. The zero-order valence-electron chi connectivity index (χ0n) is 19.2. The van der Waals surface area contributed by atoms with Gasteiger partial charge in [-0.15, -0.1) is 0 Å². The zero-order chi connectivity index (χ0) is 24.9. The summed E-state index contributed by atoms with van der Waals surface area (Å²) in [4.78, 5) is 27.6. The lowest BCUT2D eigenvalue weighted by molar-refractivity contribution is -0.132. The number of hydrogen-bond donors (Lipinski definition) is 1. The third-order valence-corrected chi connectivity index (χ3v) is 6.13. The Labute approximate surface area is 208 Å². The lowest BCUT2D eigenvalue weighted by atomic mass is 9.95. The number of nitrogens with zero attached hydrogens (tertiary/aromatic N) is 1. The van der Waals surface area contributed by atoms with Gasteiger partial charge < -0.3 is 9.84 Å². The van der Waals surface area contributed by atoms with Gasteiger partial charge in [0.1, 0.15) is 17.3 Å². The van der Waals surface area contributed by atoms with E-state index >= 15 is 0 Å². The van der Waals surface area contributed by atoms with Crippen molar-refractivity contribution < 1.29 is 23.8 Å². The molecule has 0 bridgehead atoms. The van der Waals surface area contributed by atoms with E-state index < -0.39 is 23.5 Å². The highest BCUT2D eigenvalue weighted by Gasteiger charge is 2.46. The van der Waals surface area contributed by atoms with Crippen LogP contribution in [0.15, 0.2) is 78.4 Å². The van der Waals surface area contributed by atoms with Crippen molar-refractivity contribution in [2.45, 2.75) is 32.2 Å². The van der Waals surface area contributed by atoms with Gasteiger partial charge in [0.15, 0.2) is 0 Å². The number of ether oxygens (including phenoxy) is 1. The Morgan fingerprint density at radius 1 is 0.971 bits per heavy atom. The Morgan fingerprint density at radius 2 is 1.63 bits per heavy atom. The molecule has 0 aromatic heterocycles. The molecule has 1 amide bonds. The van der Waals surface area contributed by atoms with E-state index in [2.05, 4.69) is 6.92 Å². The smallest absolute Gasteiger partial charge is 0.300 e. The molecule has 1 N–H and O–H groups in total. The van der Waals surface area contributed by atoms with Crippen LogP contribution in [-0.2, 0) is 9.59 Å². The van der Waals surface area contributed by atoms with Gasteiger partial charge in [0.05, 0.1) is 18.2 Å². The number of rotatable bonds is 8. The van der Waals surface area contributed by atoms with Crippen molar-refractivity contribution in [1.82, 2.24) is 0 Å². The maximum atomic E-state index is 13.6. The highest BCUT2D eigenvalue weighted by Crippen LogP contribution is 2.42. The Morgan fingerprint density at radius 3 is 2.26 bits per heavy atom. The van der Waals surface area contributed by atoms with Gasteiger partial charge in [-0.1, -0.05) is 43.5 Å². The Balaban J connectivity index is 1.74. The SMILES string of the molecule is CCCCCOc1ccc(/C(O)=C2\C(=O)C(=O)N(c3ccc(Cl)cc3)C2c2ccc(F)cc2)cc1. The molecule has 4 rings (SSSR count). The largest absolute Gasteiger partial charge is 0.507 e. The lowest BCUT2D eigenvalue weighted by Gasteiger charge is -2.25. The van der Waals surface area contributed by atoms with Crippen LogP contribution in [0.4, 0.5) is 10.1 Å². The molecule has 1 unspecified atom stereocenters. The van der Waals surface area contributed by atoms with Crippen LogP contribution in [0.2, 0.25) is 5.02 Å². The van der Waals surface area contributed by atoms with Crippen molar-refractivity contribution in [3.8, 4) is 5.75 Å². The minimum atomic E-state index is -0.943. The van der Waals surface area contributed by atoms with Crippen molar-refractivity contribution >= 4 is 34.7 Å². The van der Waals surface area contributed by atoms with Gasteiger partial charge in [-0.05, 0) is 72.6 Å². The molecule has 0 radical (unpaired) electrons. The van der Waals surface area contributed by atoms with Crippen molar-refractivity contribution in [3.63, 3.8) is 0 Å². The average molecular weight is 494 g/mol. The number of carbonyl (C=O) groups excluding carboxylic acids is 2. The Kier molecular flexibility index (Phi) is 7.51. The van der Waals surface area contributed by atoms with Crippen molar-refractivity contribution in [3.05, 3.63) is 100 Å². The molecule has 180 valence electrons. The first-order valence-corrected chi connectivity index (χ1v) is 11.8. The number of unbranched alkanes of at least 4 members (excludes halogenated alkanes) is 2. The minimum absolute atomic E-state index is 0.0758. The van der Waals surface area contributed by atoms with Gasteiger partial charge in [-0.2, -0.15) is 0 Å². The first-order chi connectivity index (χ1) is 16.9. The average Bonchev–Trinajstić information content (AvgIpc) is 3.13. The van der Waals surface area contributed by atoms with Crippen molar-refractivity contribution in [1.29, 1.82) is 0 Å². The van der Waals surface area contributed by atoms with Crippen LogP contribution in [0, 0.1) is 5.82 Å². The third-order valence-electron chi connectivity index (χ3n) is 5.88. The second-order valence-corrected chi connectivity index (χ2v) is 8.71. The predicted octanol–water partition coefficient (Wildman–Crippen LogP) is 6.67. The monoisotopic (exact) mass is 493 g/mol. The van der Waals surface area contributed by atoms with Crippen LogP contribution in [-0.4, -0.2) is 23.4 Å². The molecule has 3 aromatic carbocycles. The molecule has 1 heterocycles. The van der Waals surface area contributed by atoms with Gasteiger partial charge in [0.2, 0.25) is 0 Å². The zero-order valence-corrected chi connectivity index (χ0v) is 20.0. The maximum Gasteiger partial charge on any atom is 0.300 e. The lowest BCUT2D eigenvalue weighted by Crippen LogP contribution is -2.29. The van der Waals surface area contributed by atoms with Gasteiger partial charge in [-0.3, -0.25) is 14.5 Å². The van der Waals surface area contributed by atoms with Crippen LogP contribution in [0.3, 0.4) is 0 Å². The molecule has 1 aliphatic rings. The molecule has 1 atom stereocenters. The summed E-state index contributed by atoms with van der Waals surface area (Å²) < 4.78 is 19.4. The molecule has 7 heteroatoms. The van der Waals surface area contributed by atoms with Crippen LogP contribution in [0.5, 0.6) is 5.75 Å². The van der Waals surface area contributed by atoms with E-state index in [0.717, 1.165) is 19.3 Å². The molecule has 0 aliphatic carbocycles. The van der Waals surface area contributed by atoms with Gasteiger partial charge in [-0.25, -0.2) is 4.39 Å². The summed E-state index contributed by atoms with van der Waals surface area (Å²) in [7, 11) is 0. The number of ketones is 1. The summed E-state index contributed by atoms with van der Waals surface area (Å²) in [5.74, 6) is -1.74. The van der Waals surface area contributed by atoms with Gasteiger partial charge in [0, 0.05) is 16.3 Å². The van der Waals surface area contributed by atoms with Crippen LogP contribution >= 0.6 is 11.6 Å². The number of Topliss-reactive ketones (excluding diaryl/α,β-unsaturated/α-hetero) is 1. The normalized spacial score (nSPS) is 17.1. The van der Waals surface area contributed by atoms with E-state index in [0.29, 0.717) is 34.2 Å². The molecular formula is C28H25ClFNO4. The first-order valence-electron chi connectivity index (χ1n) is 11.5. The third kappa shape index (κ3) is 5.23. The predicted molar refractivity (Wildman–Crippen MR) is 134 cm³/mol. The number of aliphatic hydroxyl groups is 1. The minimum Gasteiger partial charge on any atom is -0.507 e.